The molecule has 0 spiro atoms. The number of amides is 1. The molecule has 0 radical (unpaired) electrons. The Morgan fingerprint density at radius 2 is 1.64 bits per heavy atom. The molecule has 2 aliphatic carbocycles. The van der Waals surface area contributed by atoms with Gasteiger partial charge >= 0.3 is 5.97 Å². The number of nitrogens with one attached hydrogen (secondary N) is 1. The quantitative estimate of drug-likeness (QED) is 0.611. The number of aryl methyl sites for hydroxylation is 2. The minimum absolute atomic E-state index is 0.0175. The van der Waals surface area contributed by atoms with Crippen molar-refractivity contribution < 1.29 is 19.1 Å². The van der Waals surface area contributed by atoms with Crippen LogP contribution in [0.2, 0.25) is 0 Å². The van der Waals surface area contributed by atoms with E-state index >= 15 is 0 Å². The van der Waals surface area contributed by atoms with Gasteiger partial charge in [0.2, 0.25) is 11.7 Å². The molecule has 5 nitrogen and oxygen atoms in total. The third-order valence-electron chi connectivity index (χ3n) is 5.37. The zero-order chi connectivity index (χ0) is 19.7. The normalized spacial score (nSPS) is 16.2. The molecule has 1 N–H and O–H groups in total. The first-order valence-corrected chi connectivity index (χ1v) is 9.79. The Balaban J connectivity index is 1.37. The van der Waals surface area contributed by atoms with E-state index in [1.807, 2.05) is 18.2 Å². The number of esters is 1. The lowest BCUT2D eigenvalue weighted by Crippen LogP contribution is -2.24. The molecular weight excluding hydrogens is 354 g/mol. The highest BCUT2D eigenvalue weighted by molar-refractivity contribution is 6.01. The third-order valence-corrected chi connectivity index (χ3v) is 5.37. The number of ether oxygens (including phenoxy) is 1. The second kappa shape index (κ2) is 7.58. The maximum atomic E-state index is 12.6. The van der Waals surface area contributed by atoms with Gasteiger partial charge in [-0.25, -0.2) is 4.79 Å². The van der Waals surface area contributed by atoms with Gasteiger partial charge in [0.25, 0.3) is 0 Å². The Hall–Kier alpha value is -2.95. The number of fused-ring (bicyclic) bond motifs is 1. The number of rotatable bonds is 6. The minimum Gasteiger partial charge on any atom is -0.451 e. The summed E-state index contributed by atoms with van der Waals surface area (Å²) in [6.07, 6.45) is 4.19. The van der Waals surface area contributed by atoms with E-state index in [1.165, 1.54) is 11.1 Å². The Kier molecular flexibility index (Phi) is 4.99. The number of hydrogen-bond donors (Lipinski definition) is 1. The molecule has 0 heterocycles. The van der Waals surface area contributed by atoms with Crippen LogP contribution in [-0.4, -0.2) is 23.8 Å². The van der Waals surface area contributed by atoms with Gasteiger partial charge in [-0.1, -0.05) is 12.1 Å². The summed E-state index contributed by atoms with van der Waals surface area (Å²) in [5, 5.41) is 2.83. The largest absolute Gasteiger partial charge is 0.451 e. The van der Waals surface area contributed by atoms with Crippen LogP contribution in [0.25, 0.3) is 0 Å². The van der Waals surface area contributed by atoms with Crippen molar-refractivity contribution in [1.29, 1.82) is 0 Å². The van der Waals surface area contributed by atoms with E-state index in [2.05, 4.69) is 5.32 Å². The van der Waals surface area contributed by atoms with Crippen LogP contribution in [-0.2, 0) is 22.4 Å². The van der Waals surface area contributed by atoms with Crippen LogP contribution >= 0.6 is 0 Å². The molecule has 1 unspecified atom stereocenters. The second-order valence-corrected chi connectivity index (χ2v) is 7.59. The highest BCUT2D eigenvalue weighted by Crippen LogP contribution is 2.30. The number of Topliss-reactive ketones (excluding diaryl/α,β-unsaturated/α-hetero) is 1. The van der Waals surface area contributed by atoms with Gasteiger partial charge in [-0.05, 0) is 80.5 Å². The average molecular weight is 377 g/mol. The van der Waals surface area contributed by atoms with Crippen molar-refractivity contribution in [3.05, 3.63) is 64.7 Å². The van der Waals surface area contributed by atoms with E-state index in [1.54, 1.807) is 31.2 Å². The molecule has 1 atom stereocenters. The van der Waals surface area contributed by atoms with Crippen molar-refractivity contribution in [2.24, 2.45) is 5.92 Å². The summed E-state index contributed by atoms with van der Waals surface area (Å²) >= 11 is 0. The van der Waals surface area contributed by atoms with Gasteiger partial charge < -0.3 is 10.1 Å². The molecular formula is C23H23NO4. The summed E-state index contributed by atoms with van der Waals surface area (Å²) in [5.74, 6) is -0.613. The smallest absolute Gasteiger partial charge is 0.338 e. The Bertz CT molecular complexity index is 928. The third kappa shape index (κ3) is 3.98. The van der Waals surface area contributed by atoms with Crippen molar-refractivity contribution in [3.8, 4) is 0 Å². The molecule has 5 heteroatoms. The Labute approximate surface area is 164 Å². The molecule has 0 aliphatic heterocycles. The monoisotopic (exact) mass is 377 g/mol. The maximum absolute atomic E-state index is 12.6. The minimum atomic E-state index is -0.860. The van der Waals surface area contributed by atoms with Crippen LogP contribution in [0.15, 0.2) is 42.5 Å². The summed E-state index contributed by atoms with van der Waals surface area (Å²) in [6, 6.07) is 12.3. The summed E-state index contributed by atoms with van der Waals surface area (Å²) < 4.78 is 5.37. The van der Waals surface area contributed by atoms with Gasteiger partial charge in [-0.2, -0.15) is 0 Å². The summed E-state index contributed by atoms with van der Waals surface area (Å²) in [6.45, 7) is 1.59. The van der Waals surface area contributed by atoms with Gasteiger partial charge in [0, 0.05) is 17.2 Å². The lowest BCUT2D eigenvalue weighted by molar-refractivity contribution is -0.117. The molecule has 1 saturated carbocycles. The number of benzene rings is 2. The fraction of sp³-hybridized carbons (Fsp3) is 0.348. The van der Waals surface area contributed by atoms with Gasteiger partial charge in [0.05, 0.1) is 5.56 Å². The fourth-order valence-electron chi connectivity index (χ4n) is 3.52. The fourth-order valence-corrected chi connectivity index (χ4v) is 3.52. The van der Waals surface area contributed by atoms with Crippen molar-refractivity contribution in [3.63, 3.8) is 0 Å². The van der Waals surface area contributed by atoms with E-state index in [0.29, 0.717) is 16.8 Å². The molecule has 2 aromatic rings. The van der Waals surface area contributed by atoms with Gasteiger partial charge in [-0.15, -0.1) is 0 Å². The van der Waals surface area contributed by atoms with Crippen LogP contribution in [0.4, 0.5) is 5.69 Å². The molecule has 1 amide bonds. The first-order valence-electron chi connectivity index (χ1n) is 9.79. The maximum Gasteiger partial charge on any atom is 0.338 e. The number of carbonyl (C=O) groups is 3. The predicted octanol–water partition coefficient (Wildman–Crippen LogP) is 3.95. The number of ketones is 1. The van der Waals surface area contributed by atoms with Crippen LogP contribution in [0.1, 0.15) is 58.0 Å². The number of carbonyl (C=O) groups excluding carboxylic acids is 3. The molecule has 4 rings (SSSR count). The first kappa shape index (κ1) is 18.4. The molecule has 2 aromatic carbocycles. The average Bonchev–Trinajstić information content (AvgIpc) is 3.45. The van der Waals surface area contributed by atoms with Gasteiger partial charge in [-0.3, -0.25) is 9.59 Å². The SMILES string of the molecule is CC(OC(=O)c1ccc(NC(=O)C2CC2)cc1)C(=O)c1ccc2c(c1)CCC2. The van der Waals surface area contributed by atoms with Crippen LogP contribution in [0.3, 0.4) is 0 Å². The Morgan fingerprint density at radius 3 is 2.36 bits per heavy atom. The van der Waals surface area contributed by atoms with Crippen molar-refractivity contribution in [1.82, 2.24) is 0 Å². The van der Waals surface area contributed by atoms with Crippen LogP contribution in [0, 0.1) is 5.92 Å². The number of hydrogen-bond acceptors (Lipinski definition) is 4. The molecule has 0 bridgehead atoms. The first-order chi connectivity index (χ1) is 13.5. The van der Waals surface area contributed by atoms with E-state index in [-0.39, 0.29) is 17.6 Å². The van der Waals surface area contributed by atoms with Gasteiger partial charge in [0.15, 0.2) is 6.10 Å². The van der Waals surface area contributed by atoms with Crippen molar-refractivity contribution in [2.75, 3.05) is 5.32 Å². The highest BCUT2D eigenvalue weighted by atomic mass is 16.5. The Morgan fingerprint density at radius 1 is 0.964 bits per heavy atom. The van der Waals surface area contributed by atoms with Crippen LogP contribution in [0.5, 0.6) is 0 Å². The van der Waals surface area contributed by atoms with Crippen molar-refractivity contribution in [2.45, 2.75) is 45.1 Å². The number of anilines is 1. The highest BCUT2D eigenvalue weighted by Gasteiger charge is 2.29. The molecule has 144 valence electrons. The molecule has 0 saturated heterocycles. The summed E-state index contributed by atoms with van der Waals surface area (Å²) in [5.41, 5.74) is 4.09. The van der Waals surface area contributed by atoms with E-state index in [0.717, 1.165) is 32.1 Å². The lowest BCUT2D eigenvalue weighted by atomic mass is 10.0. The zero-order valence-corrected chi connectivity index (χ0v) is 15.9. The molecule has 28 heavy (non-hydrogen) atoms. The van der Waals surface area contributed by atoms with Crippen molar-refractivity contribution >= 4 is 23.3 Å². The predicted molar refractivity (Wildman–Crippen MR) is 105 cm³/mol. The molecule has 0 aromatic heterocycles. The summed E-state index contributed by atoms with van der Waals surface area (Å²) in [7, 11) is 0. The van der Waals surface area contributed by atoms with E-state index in [4.69, 9.17) is 4.74 Å². The van der Waals surface area contributed by atoms with E-state index < -0.39 is 12.1 Å². The van der Waals surface area contributed by atoms with Crippen LogP contribution < -0.4 is 5.32 Å². The molecule has 1 fully saturated rings. The van der Waals surface area contributed by atoms with E-state index in [9.17, 15) is 14.4 Å². The lowest BCUT2D eigenvalue weighted by Gasteiger charge is -2.13. The summed E-state index contributed by atoms with van der Waals surface area (Å²) in [4.78, 5) is 36.8. The zero-order valence-electron chi connectivity index (χ0n) is 15.9. The van der Waals surface area contributed by atoms with Gasteiger partial charge in [0.1, 0.15) is 0 Å². The molecule has 2 aliphatic rings. The topological polar surface area (TPSA) is 72.5 Å². The standard InChI is InChI=1S/C23H23NO4/c1-14(21(25)19-8-5-15-3-2-4-18(15)13-19)28-23(27)17-9-11-20(12-10-17)24-22(26)16-6-7-16/h5,8-14,16H,2-4,6-7H2,1H3,(H,24,26). The second-order valence-electron chi connectivity index (χ2n) is 7.59.